The largest absolute Gasteiger partial charge is 0.550 e. The zero-order valence-electron chi connectivity index (χ0n) is 33.1. The Morgan fingerprint density at radius 1 is 1.00 bits per heavy atom. The number of nitrogens with two attached hydrogens (primary N) is 3. The summed E-state index contributed by atoms with van der Waals surface area (Å²) in [6, 6.07) is -0.144. The van der Waals surface area contributed by atoms with Crippen molar-refractivity contribution < 1.29 is 65.0 Å². The molecule has 316 valence electrons. The van der Waals surface area contributed by atoms with Crippen LogP contribution in [0.5, 0.6) is 0 Å². The molecule has 0 bridgehead atoms. The van der Waals surface area contributed by atoms with Crippen LogP contribution in [0, 0.1) is 29.6 Å². The van der Waals surface area contributed by atoms with Crippen molar-refractivity contribution in [2.45, 2.75) is 164 Å². The molecule has 0 aromatic rings. The topological polar surface area (TPSA) is 249 Å². The van der Waals surface area contributed by atoms with Gasteiger partial charge < -0.3 is 65.0 Å². The van der Waals surface area contributed by atoms with Crippen LogP contribution in [0.4, 0.5) is 0 Å². The first-order valence-corrected chi connectivity index (χ1v) is 21.0. The van der Waals surface area contributed by atoms with Crippen LogP contribution in [0.15, 0.2) is 0 Å². The molecule has 0 aromatic carbocycles. The van der Waals surface area contributed by atoms with Crippen LogP contribution in [0.2, 0.25) is 0 Å². The van der Waals surface area contributed by atoms with Crippen molar-refractivity contribution in [2.24, 2.45) is 35.3 Å². The lowest BCUT2D eigenvalue weighted by Crippen LogP contribution is -2.94. The van der Waals surface area contributed by atoms with Gasteiger partial charge in [-0.1, -0.05) is 0 Å². The number of carboxylic acid groups (broad SMARTS) is 1. The van der Waals surface area contributed by atoms with Crippen LogP contribution in [0.25, 0.3) is 0 Å². The van der Waals surface area contributed by atoms with E-state index < -0.39 is 42.6 Å². The highest BCUT2D eigenvalue weighted by molar-refractivity contribution is 5.64. The molecular weight excluding hydrogens is 700 g/mol. The van der Waals surface area contributed by atoms with Gasteiger partial charge >= 0.3 is 0 Å². The van der Waals surface area contributed by atoms with Gasteiger partial charge in [0.15, 0.2) is 0 Å². The molecule has 0 spiro atoms. The molecule has 4 aliphatic rings. The molecule has 0 aromatic heterocycles. The van der Waals surface area contributed by atoms with Gasteiger partial charge in [-0.3, -0.25) is 11.1 Å². The van der Waals surface area contributed by atoms with E-state index in [1.54, 1.807) is 14.0 Å². The molecule has 2 saturated heterocycles. The molecule has 2 aliphatic heterocycles. The number of aliphatic hydroxyl groups excluding tert-OH is 5. The predicted octanol–water partition coefficient (Wildman–Crippen LogP) is -2.71. The van der Waals surface area contributed by atoms with Gasteiger partial charge in [-0.05, 0) is 109 Å². The van der Waals surface area contributed by atoms with Gasteiger partial charge in [0, 0.05) is 44.5 Å². The summed E-state index contributed by atoms with van der Waals surface area (Å²) in [6.07, 6.45) is 3.76. The molecule has 16 atom stereocenters. The number of carbonyl (C=O) groups excluding carboxylic acids is 1. The third-order valence-electron chi connectivity index (χ3n) is 12.8. The second-order valence-corrected chi connectivity index (χ2v) is 17.0. The lowest BCUT2D eigenvalue weighted by atomic mass is 9.72. The van der Waals surface area contributed by atoms with Gasteiger partial charge in [0.2, 0.25) is 0 Å². The van der Waals surface area contributed by atoms with Crippen molar-refractivity contribution >= 4 is 5.97 Å². The number of piperidine rings is 1. The number of likely N-dealkylation sites (N-methyl/N-ethyl adjacent to an activating group) is 1. The van der Waals surface area contributed by atoms with Crippen LogP contribution in [-0.4, -0.2) is 145 Å². The minimum atomic E-state index is -1.08. The van der Waals surface area contributed by atoms with Crippen molar-refractivity contribution in [3.05, 3.63) is 0 Å². The molecule has 16 unspecified atom stereocenters. The molecule has 2 aliphatic carbocycles. The summed E-state index contributed by atoms with van der Waals surface area (Å²) in [7, 11) is 1.58. The normalized spacial score (nSPS) is 38.1. The summed E-state index contributed by atoms with van der Waals surface area (Å²) < 4.78 is 25.1. The third kappa shape index (κ3) is 14.1. The molecule has 2 saturated carbocycles. The van der Waals surface area contributed by atoms with Gasteiger partial charge in [-0.2, -0.15) is 0 Å². The number of hydrogen-bond donors (Lipinski definition) is 9. The Morgan fingerprint density at radius 3 is 2.46 bits per heavy atom. The fraction of sp³-hybridized carbons (Fsp3) is 0.974. The van der Waals surface area contributed by atoms with E-state index in [1.807, 2.05) is 6.92 Å². The number of carboxylic acids is 1. The standard InChI is InChI=1S/C39H74N4O11/c1-4-42-30(26(18-37(48)49)13-25-9-11-43-36(40)15-25)21-52-35-17-27(16-34(51-3)38(35)50)39-29(10-12-44)32(47)19-28(54-39)7-5-24-6-8-31(46)33(14-24)53-22-41-20-23(2)45/h23-36,38-39,41-47,50H,4-22,40H2,1-3H3,(H,48,49)/p+1. The van der Waals surface area contributed by atoms with Gasteiger partial charge in [0.05, 0.1) is 75.3 Å². The number of aliphatic carboxylic acids is 1. The average Bonchev–Trinajstić information content (AvgIpc) is 3.13. The highest BCUT2D eigenvalue weighted by Gasteiger charge is 2.48. The van der Waals surface area contributed by atoms with E-state index in [9.17, 15) is 35.4 Å². The third-order valence-corrected chi connectivity index (χ3v) is 12.8. The predicted molar refractivity (Wildman–Crippen MR) is 197 cm³/mol. The molecule has 4 fully saturated rings. The Morgan fingerprint density at radius 2 is 1.78 bits per heavy atom. The van der Waals surface area contributed by atoms with Crippen LogP contribution in [0.1, 0.15) is 97.3 Å². The highest BCUT2D eigenvalue weighted by Crippen LogP contribution is 2.42. The summed E-state index contributed by atoms with van der Waals surface area (Å²) in [6.45, 7) is 6.28. The molecule has 0 amide bonds. The summed E-state index contributed by atoms with van der Waals surface area (Å²) in [4.78, 5) is 11.9. The van der Waals surface area contributed by atoms with Gasteiger partial charge in [-0.25, -0.2) is 0 Å². The maximum atomic E-state index is 11.9. The average molecular weight is 776 g/mol. The molecule has 2 heterocycles. The van der Waals surface area contributed by atoms with Crippen molar-refractivity contribution in [3.63, 3.8) is 0 Å². The smallest absolute Gasteiger partial charge is 0.137 e. The second-order valence-electron chi connectivity index (χ2n) is 17.0. The van der Waals surface area contributed by atoms with Gasteiger partial charge in [0.1, 0.15) is 18.3 Å². The number of carbonyl (C=O) groups is 1. The van der Waals surface area contributed by atoms with E-state index in [1.165, 1.54) is 0 Å². The quantitative estimate of drug-likeness (QED) is 0.0402. The molecule has 4 rings (SSSR count). The molecule has 54 heavy (non-hydrogen) atoms. The Labute approximate surface area is 322 Å². The number of methoxy groups -OCH3 is 1. The minimum absolute atomic E-state index is 0.0237. The van der Waals surface area contributed by atoms with Crippen LogP contribution >= 0.6 is 0 Å². The van der Waals surface area contributed by atoms with Crippen LogP contribution in [-0.2, 0) is 23.7 Å². The van der Waals surface area contributed by atoms with E-state index in [4.69, 9.17) is 24.7 Å². The SMILES string of the molecule is CC[NH2+]C(COC1CC(C2OC(CCC3CCC(O)C(OCNCC(C)O)C3)CC(O)C2CCO)CC(OC)C1O)C(CC(=O)[O-])CC1CC[NH2+]C(N)C1. The fourth-order valence-electron chi connectivity index (χ4n) is 9.91. The lowest BCUT2D eigenvalue weighted by Gasteiger charge is -2.48. The van der Waals surface area contributed by atoms with E-state index in [2.05, 4.69) is 16.0 Å². The summed E-state index contributed by atoms with van der Waals surface area (Å²) in [5.41, 5.74) is 6.22. The number of aliphatic hydroxyl groups is 5. The number of rotatable bonds is 22. The first kappa shape index (κ1) is 45.6. The van der Waals surface area contributed by atoms with Gasteiger partial charge in [0.25, 0.3) is 0 Å². The zero-order chi connectivity index (χ0) is 39.2. The van der Waals surface area contributed by atoms with Crippen LogP contribution < -0.4 is 26.8 Å². The summed E-state index contributed by atoms with van der Waals surface area (Å²) in [5.74, 6) is -0.972. The van der Waals surface area contributed by atoms with Crippen molar-refractivity contribution in [1.82, 2.24) is 5.32 Å². The van der Waals surface area contributed by atoms with E-state index in [0.717, 1.165) is 58.0 Å². The molecule has 15 nitrogen and oxygen atoms in total. The Kier molecular flexibility index (Phi) is 19.8. The monoisotopic (exact) mass is 776 g/mol. The summed E-state index contributed by atoms with van der Waals surface area (Å²) >= 11 is 0. The summed E-state index contributed by atoms with van der Waals surface area (Å²) in [5, 5.41) is 72.2. The molecule has 15 heteroatoms. The maximum absolute atomic E-state index is 11.9. The Balaban J connectivity index is 1.40. The number of hydrogen-bond acceptors (Lipinski definition) is 13. The first-order chi connectivity index (χ1) is 25.9. The maximum Gasteiger partial charge on any atom is 0.137 e. The van der Waals surface area contributed by atoms with E-state index >= 15 is 0 Å². The number of nitrogens with one attached hydrogen (secondary N) is 1. The second kappa shape index (κ2) is 23.4. The lowest BCUT2D eigenvalue weighted by molar-refractivity contribution is -0.701. The Bertz CT molecular complexity index is 1060. The molecular formula is C39H75N4O11+. The molecule has 0 radical (unpaired) electrons. The number of ether oxygens (including phenoxy) is 4. The highest BCUT2D eigenvalue weighted by atomic mass is 16.5. The molecule has 12 N–H and O–H groups in total. The minimum Gasteiger partial charge on any atom is -0.550 e. The first-order valence-electron chi connectivity index (χ1n) is 21.0. The van der Waals surface area contributed by atoms with Crippen molar-refractivity contribution in [1.29, 1.82) is 0 Å². The van der Waals surface area contributed by atoms with Gasteiger partial charge in [-0.15, -0.1) is 0 Å². The van der Waals surface area contributed by atoms with E-state index in [-0.39, 0.29) is 74.6 Å². The van der Waals surface area contributed by atoms with Crippen LogP contribution in [0.3, 0.4) is 0 Å². The number of quaternary nitrogens is 2. The zero-order valence-corrected chi connectivity index (χ0v) is 33.1. The van der Waals surface area contributed by atoms with Crippen molar-refractivity contribution in [2.75, 3.05) is 46.7 Å². The fourth-order valence-corrected chi connectivity index (χ4v) is 9.91. The Hall–Kier alpha value is -1.05. The van der Waals surface area contributed by atoms with E-state index in [0.29, 0.717) is 50.5 Å². The van der Waals surface area contributed by atoms with Crippen molar-refractivity contribution in [3.8, 4) is 0 Å².